The highest BCUT2D eigenvalue weighted by Crippen LogP contribution is 2.20. The molecule has 2 nitrogen and oxygen atoms in total. The maximum atomic E-state index is 8.99. The molecule has 0 aliphatic carbocycles. The zero-order valence-electron chi connectivity index (χ0n) is 6.27. The predicted molar refractivity (Wildman–Crippen MR) is 49.2 cm³/mol. The van der Waals surface area contributed by atoms with Gasteiger partial charge in [-0.25, -0.2) is 0 Å². The Kier molecular flexibility index (Phi) is 1.80. The second-order valence-electron chi connectivity index (χ2n) is 2.41. The van der Waals surface area contributed by atoms with E-state index in [9.17, 15) is 0 Å². The lowest BCUT2D eigenvalue weighted by molar-refractivity contribution is 0.473. The van der Waals surface area contributed by atoms with Crippen LogP contribution in [-0.2, 0) is 0 Å². The summed E-state index contributed by atoms with van der Waals surface area (Å²) in [5.74, 6) is 0.203. The van der Waals surface area contributed by atoms with Crippen molar-refractivity contribution in [3.05, 3.63) is 35.2 Å². The Balaban J connectivity index is 2.43. The van der Waals surface area contributed by atoms with Gasteiger partial charge in [-0.1, -0.05) is 0 Å². The van der Waals surface area contributed by atoms with Gasteiger partial charge in [0, 0.05) is 10.9 Å². The number of nitrogens with zero attached hydrogens (tertiary/aromatic N) is 1. The smallest absolute Gasteiger partial charge is 0.133 e. The van der Waals surface area contributed by atoms with Gasteiger partial charge < -0.3 is 5.11 Å². The Morgan fingerprint density at radius 2 is 2.17 bits per heavy atom. The zero-order chi connectivity index (χ0) is 8.39. The first kappa shape index (κ1) is 7.31. The fraction of sp³-hybridized carbons (Fsp3) is 0. The Morgan fingerprint density at radius 1 is 1.25 bits per heavy atom. The molecule has 0 radical (unpaired) electrons. The maximum Gasteiger partial charge on any atom is 0.133 e. The molecule has 0 amide bonds. The molecule has 0 fully saturated rings. The SMILES string of the molecule is Oc1ccc(-c2ccsc2)nc1. The maximum absolute atomic E-state index is 8.99. The average molecular weight is 177 g/mol. The van der Waals surface area contributed by atoms with Crippen molar-refractivity contribution >= 4 is 11.3 Å². The first-order valence-corrected chi connectivity index (χ1v) is 4.48. The van der Waals surface area contributed by atoms with Gasteiger partial charge in [0.05, 0.1) is 11.9 Å². The van der Waals surface area contributed by atoms with Gasteiger partial charge in [0.2, 0.25) is 0 Å². The van der Waals surface area contributed by atoms with Crippen LogP contribution >= 0.6 is 11.3 Å². The van der Waals surface area contributed by atoms with Crippen LogP contribution in [0.15, 0.2) is 35.2 Å². The molecule has 0 unspecified atom stereocenters. The fourth-order valence-corrected chi connectivity index (χ4v) is 1.62. The minimum atomic E-state index is 0.203. The minimum absolute atomic E-state index is 0.203. The van der Waals surface area contributed by atoms with Crippen LogP contribution in [0.5, 0.6) is 5.75 Å². The second-order valence-corrected chi connectivity index (χ2v) is 3.19. The van der Waals surface area contributed by atoms with E-state index in [1.54, 1.807) is 23.5 Å². The summed E-state index contributed by atoms with van der Waals surface area (Å²) in [7, 11) is 0. The molecule has 0 atom stereocenters. The van der Waals surface area contributed by atoms with E-state index < -0.39 is 0 Å². The van der Waals surface area contributed by atoms with Crippen molar-refractivity contribution < 1.29 is 5.11 Å². The van der Waals surface area contributed by atoms with Crippen LogP contribution in [0.25, 0.3) is 11.3 Å². The molecule has 0 spiro atoms. The normalized spacial score (nSPS) is 10.0. The Hall–Kier alpha value is -1.35. The molecule has 3 heteroatoms. The topological polar surface area (TPSA) is 33.1 Å². The van der Waals surface area contributed by atoms with E-state index in [1.165, 1.54) is 6.20 Å². The molecule has 2 heterocycles. The van der Waals surface area contributed by atoms with Crippen LogP contribution in [0.2, 0.25) is 0 Å². The summed E-state index contributed by atoms with van der Waals surface area (Å²) in [5, 5.41) is 13.0. The fourth-order valence-electron chi connectivity index (χ4n) is 0.967. The number of pyridine rings is 1. The van der Waals surface area contributed by atoms with Crippen molar-refractivity contribution in [2.45, 2.75) is 0 Å². The van der Waals surface area contributed by atoms with Crippen LogP contribution in [-0.4, -0.2) is 10.1 Å². The average Bonchev–Trinajstić information content (AvgIpc) is 2.58. The summed E-state index contributed by atoms with van der Waals surface area (Å²) in [5.41, 5.74) is 1.99. The van der Waals surface area contributed by atoms with Crippen molar-refractivity contribution in [2.75, 3.05) is 0 Å². The molecule has 2 aromatic rings. The van der Waals surface area contributed by atoms with Gasteiger partial charge in [0.1, 0.15) is 5.75 Å². The minimum Gasteiger partial charge on any atom is -0.506 e. The summed E-state index contributed by atoms with van der Waals surface area (Å²) < 4.78 is 0. The monoisotopic (exact) mass is 177 g/mol. The number of thiophene rings is 1. The Bertz CT molecular complexity index is 353. The summed E-state index contributed by atoms with van der Waals surface area (Å²) >= 11 is 1.64. The highest BCUT2D eigenvalue weighted by atomic mass is 32.1. The summed E-state index contributed by atoms with van der Waals surface area (Å²) in [6.07, 6.45) is 1.45. The van der Waals surface area contributed by atoms with Crippen molar-refractivity contribution in [1.82, 2.24) is 4.98 Å². The number of hydrogen-bond acceptors (Lipinski definition) is 3. The standard InChI is InChI=1S/C9H7NOS/c11-8-1-2-9(10-5-8)7-3-4-12-6-7/h1-6,11H. The van der Waals surface area contributed by atoms with Crippen LogP contribution in [0.4, 0.5) is 0 Å². The van der Waals surface area contributed by atoms with Gasteiger partial charge in [-0.2, -0.15) is 11.3 Å². The van der Waals surface area contributed by atoms with E-state index in [1.807, 2.05) is 16.8 Å². The largest absolute Gasteiger partial charge is 0.506 e. The third kappa shape index (κ3) is 1.31. The molecule has 2 aromatic heterocycles. The van der Waals surface area contributed by atoms with Gasteiger partial charge in [0.25, 0.3) is 0 Å². The van der Waals surface area contributed by atoms with Crippen LogP contribution in [0.3, 0.4) is 0 Å². The number of aromatic hydroxyl groups is 1. The Morgan fingerprint density at radius 3 is 2.75 bits per heavy atom. The van der Waals surface area contributed by atoms with E-state index in [2.05, 4.69) is 4.98 Å². The van der Waals surface area contributed by atoms with Crippen LogP contribution in [0, 0.1) is 0 Å². The molecule has 0 aromatic carbocycles. The number of aromatic nitrogens is 1. The van der Waals surface area contributed by atoms with Gasteiger partial charge in [-0.05, 0) is 23.6 Å². The number of hydrogen-bond donors (Lipinski definition) is 1. The summed E-state index contributed by atoms with van der Waals surface area (Å²) in [6.45, 7) is 0. The summed E-state index contributed by atoms with van der Waals surface area (Å²) in [6, 6.07) is 5.45. The quantitative estimate of drug-likeness (QED) is 0.726. The van der Waals surface area contributed by atoms with Gasteiger partial charge in [0.15, 0.2) is 0 Å². The molecular weight excluding hydrogens is 170 g/mol. The van der Waals surface area contributed by atoms with Crippen molar-refractivity contribution in [2.24, 2.45) is 0 Å². The molecule has 12 heavy (non-hydrogen) atoms. The van der Waals surface area contributed by atoms with Crippen molar-refractivity contribution in [3.8, 4) is 17.0 Å². The molecule has 1 N–H and O–H groups in total. The summed E-state index contributed by atoms with van der Waals surface area (Å²) in [4.78, 5) is 4.08. The third-order valence-corrected chi connectivity index (χ3v) is 2.25. The van der Waals surface area contributed by atoms with E-state index >= 15 is 0 Å². The lowest BCUT2D eigenvalue weighted by atomic mass is 10.2. The molecule has 0 aliphatic rings. The third-order valence-electron chi connectivity index (χ3n) is 1.56. The van der Waals surface area contributed by atoms with E-state index in [0.29, 0.717) is 0 Å². The molecule has 0 saturated heterocycles. The molecule has 2 rings (SSSR count). The second kappa shape index (κ2) is 2.95. The lowest BCUT2D eigenvalue weighted by Gasteiger charge is -1.95. The molecule has 0 bridgehead atoms. The molecule has 0 saturated carbocycles. The molecular formula is C9H7NOS. The Labute approximate surface area is 74.1 Å². The van der Waals surface area contributed by atoms with Crippen molar-refractivity contribution in [3.63, 3.8) is 0 Å². The highest BCUT2D eigenvalue weighted by molar-refractivity contribution is 7.08. The first-order chi connectivity index (χ1) is 5.86. The first-order valence-electron chi connectivity index (χ1n) is 3.54. The predicted octanol–water partition coefficient (Wildman–Crippen LogP) is 2.52. The van der Waals surface area contributed by atoms with Gasteiger partial charge >= 0.3 is 0 Å². The van der Waals surface area contributed by atoms with E-state index in [0.717, 1.165) is 11.3 Å². The molecule has 0 aliphatic heterocycles. The zero-order valence-corrected chi connectivity index (χ0v) is 7.08. The molecule has 60 valence electrons. The number of rotatable bonds is 1. The van der Waals surface area contributed by atoms with Gasteiger partial charge in [-0.3, -0.25) is 4.98 Å². The van der Waals surface area contributed by atoms with E-state index in [-0.39, 0.29) is 5.75 Å². The van der Waals surface area contributed by atoms with E-state index in [4.69, 9.17) is 5.11 Å². The van der Waals surface area contributed by atoms with Gasteiger partial charge in [-0.15, -0.1) is 0 Å². The van der Waals surface area contributed by atoms with Crippen molar-refractivity contribution in [1.29, 1.82) is 0 Å². The van der Waals surface area contributed by atoms with Crippen LogP contribution in [0.1, 0.15) is 0 Å². The van der Waals surface area contributed by atoms with Crippen LogP contribution < -0.4 is 0 Å². The highest BCUT2D eigenvalue weighted by Gasteiger charge is 1.97. The lowest BCUT2D eigenvalue weighted by Crippen LogP contribution is -1.78.